The molecule has 4 nitrogen and oxygen atoms in total. The topological polar surface area (TPSA) is 52.6 Å². The summed E-state index contributed by atoms with van der Waals surface area (Å²) in [7, 11) is 1.42. The summed E-state index contributed by atoms with van der Waals surface area (Å²) in [6.07, 6.45) is 6.82. The van der Waals surface area contributed by atoms with Crippen LogP contribution in [0, 0.1) is 52.8 Å². The molecule has 1 saturated heterocycles. The van der Waals surface area contributed by atoms with E-state index in [0.717, 1.165) is 36.0 Å². The highest BCUT2D eigenvalue weighted by Crippen LogP contribution is 2.72. The minimum absolute atomic E-state index is 0.134. The van der Waals surface area contributed by atoms with Crippen molar-refractivity contribution in [2.45, 2.75) is 65.9 Å². The van der Waals surface area contributed by atoms with Gasteiger partial charge in [0.1, 0.15) is 6.10 Å². The Balaban J connectivity index is 0.000000163. The van der Waals surface area contributed by atoms with Crippen molar-refractivity contribution in [1.29, 1.82) is 0 Å². The summed E-state index contributed by atoms with van der Waals surface area (Å²) in [6.45, 7) is 7.85. The molecule has 0 amide bonds. The highest BCUT2D eigenvalue weighted by molar-refractivity contribution is 5.77. The Kier molecular flexibility index (Phi) is 4.39. The fourth-order valence-electron chi connectivity index (χ4n) is 7.36. The van der Waals surface area contributed by atoms with E-state index >= 15 is 0 Å². The molecule has 4 aliphatic carbocycles. The first-order valence-electron chi connectivity index (χ1n) is 10.6. The predicted octanol–water partition coefficient (Wildman–Crippen LogP) is 4.07. The van der Waals surface area contributed by atoms with Crippen LogP contribution in [0.25, 0.3) is 0 Å². The van der Waals surface area contributed by atoms with Crippen LogP contribution in [0.3, 0.4) is 0 Å². The van der Waals surface area contributed by atoms with Gasteiger partial charge in [0, 0.05) is 5.92 Å². The van der Waals surface area contributed by atoms with Crippen molar-refractivity contribution in [1.82, 2.24) is 0 Å². The molecular weight excluding hydrogens is 328 g/mol. The zero-order valence-electron chi connectivity index (χ0n) is 16.9. The Morgan fingerprint density at radius 1 is 1.12 bits per heavy atom. The lowest BCUT2D eigenvalue weighted by Crippen LogP contribution is -2.39. The van der Waals surface area contributed by atoms with Gasteiger partial charge in [-0.3, -0.25) is 9.59 Å². The smallest absolute Gasteiger partial charge is 0.311 e. The molecule has 0 aromatic rings. The normalized spacial score (nSPS) is 47.1. The summed E-state index contributed by atoms with van der Waals surface area (Å²) >= 11 is 0. The van der Waals surface area contributed by atoms with E-state index in [4.69, 9.17) is 4.74 Å². The van der Waals surface area contributed by atoms with Crippen molar-refractivity contribution in [2.24, 2.45) is 52.8 Å². The van der Waals surface area contributed by atoms with Crippen LogP contribution in [0.2, 0.25) is 0 Å². The molecule has 1 aliphatic heterocycles. The Hall–Kier alpha value is -1.06. The van der Waals surface area contributed by atoms with Gasteiger partial charge in [-0.25, -0.2) is 0 Å². The number of carbonyl (C=O) groups is 2. The Morgan fingerprint density at radius 3 is 2.27 bits per heavy atom. The molecule has 5 fully saturated rings. The first-order valence-corrected chi connectivity index (χ1v) is 10.6. The fraction of sp³-hybridized carbons (Fsp3) is 0.909. The van der Waals surface area contributed by atoms with Crippen molar-refractivity contribution in [3.8, 4) is 0 Å². The van der Waals surface area contributed by atoms with E-state index in [1.165, 1.54) is 32.8 Å². The van der Waals surface area contributed by atoms with Gasteiger partial charge in [0.25, 0.3) is 0 Å². The van der Waals surface area contributed by atoms with Crippen LogP contribution in [0.5, 0.6) is 0 Å². The van der Waals surface area contributed by atoms with Crippen LogP contribution in [0.1, 0.15) is 59.8 Å². The molecule has 0 aromatic carbocycles. The summed E-state index contributed by atoms with van der Waals surface area (Å²) < 4.78 is 10.1. The van der Waals surface area contributed by atoms with E-state index in [1.807, 2.05) is 20.8 Å². The molecule has 26 heavy (non-hydrogen) atoms. The molecule has 4 saturated carbocycles. The zero-order valence-corrected chi connectivity index (χ0v) is 16.9. The van der Waals surface area contributed by atoms with Crippen LogP contribution in [-0.4, -0.2) is 25.2 Å². The number of esters is 2. The second kappa shape index (κ2) is 6.24. The number of carbonyl (C=O) groups excluding carboxylic acids is 2. The largest absolute Gasteiger partial charge is 0.469 e. The molecule has 0 spiro atoms. The first kappa shape index (κ1) is 18.3. The molecule has 4 bridgehead atoms. The van der Waals surface area contributed by atoms with Gasteiger partial charge in [-0.1, -0.05) is 6.92 Å². The molecule has 1 heterocycles. The third kappa shape index (κ3) is 2.46. The second-order valence-electron chi connectivity index (χ2n) is 10.0. The zero-order chi connectivity index (χ0) is 18.8. The van der Waals surface area contributed by atoms with E-state index in [1.54, 1.807) is 0 Å². The number of ether oxygens (including phenoxy) is 2. The average Bonchev–Trinajstić information content (AvgIpc) is 3.40. The summed E-state index contributed by atoms with van der Waals surface area (Å²) in [5, 5.41) is 0. The van der Waals surface area contributed by atoms with Gasteiger partial charge in [0.2, 0.25) is 0 Å². The lowest BCUT2D eigenvalue weighted by Gasteiger charge is -2.39. The third-order valence-electron chi connectivity index (χ3n) is 8.69. The number of rotatable bonds is 2. The number of methoxy groups -OCH3 is 1. The van der Waals surface area contributed by atoms with E-state index < -0.39 is 0 Å². The van der Waals surface area contributed by atoms with Crippen LogP contribution in [0.4, 0.5) is 0 Å². The monoisotopic (exact) mass is 362 g/mol. The highest BCUT2D eigenvalue weighted by Gasteiger charge is 2.70. The Labute approximate surface area is 157 Å². The summed E-state index contributed by atoms with van der Waals surface area (Å²) in [4.78, 5) is 22.9. The van der Waals surface area contributed by atoms with Crippen LogP contribution < -0.4 is 0 Å². The van der Waals surface area contributed by atoms with Crippen molar-refractivity contribution in [3.63, 3.8) is 0 Å². The Morgan fingerprint density at radius 2 is 1.73 bits per heavy atom. The summed E-state index contributed by atoms with van der Waals surface area (Å²) in [5.41, 5.74) is -0.311. The highest BCUT2D eigenvalue weighted by atomic mass is 16.6. The van der Waals surface area contributed by atoms with Gasteiger partial charge in [-0.2, -0.15) is 0 Å². The number of cyclic esters (lactones) is 1. The average molecular weight is 363 g/mol. The molecule has 0 N–H and O–H groups in total. The minimum Gasteiger partial charge on any atom is -0.469 e. The van der Waals surface area contributed by atoms with E-state index in [9.17, 15) is 9.59 Å². The van der Waals surface area contributed by atoms with Gasteiger partial charge in [0.15, 0.2) is 0 Å². The van der Waals surface area contributed by atoms with Crippen molar-refractivity contribution < 1.29 is 19.1 Å². The molecule has 0 radical (unpaired) electrons. The second-order valence-corrected chi connectivity index (χ2v) is 10.0. The van der Waals surface area contributed by atoms with Gasteiger partial charge >= 0.3 is 11.9 Å². The number of hydrogen-bond donors (Lipinski definition) is 0. The number of fused-ring (bicyclic) bond motifs is 12. The molecule has 146 valence electrons. The molecule has 4 heteroatoms. The number of hydrogen-bond acceptors (Lipinski definition) is 4. The SMILES string of the molecule is CC1OC(=O)C2C3CC(C12)C1C2CCC(C2)C31.CCC(C)(C)C(=O)OC. The fourth-order valence-corrected chi connectivity index (χ4v) is 7.36. The van der Waals surface area contributed by atoms with E-state index in [2.05, 4.69) is 11.7 Å². The molecule has 5 aliphatic rings. The molecule has 9 atom stereocenters. The summed E-state index contributed by atoms with van der Waals surface area (Å²) in [5.74, 6) is 6.35. The Bertz CT molecular complexity index is 597. The summed E-state index contributed by atoms with van der Waals surface area (Å²) in [6, 6.07) is 0. The maximum atomic E-state index is 12.0. The van der Waals surface area contributed by atoms with E-state index in [-0.39, 0.29) is 23.5 Å². The van der Waals surface area contributed by atoms with E-state index in [0.29, 0.717) is 17.8 Å². The van der Waals surface area contributed by atoms with Crippen molar-refractivity contribution in [2.75, 3.05) is 7.11 Å². The third-order valence-corrected chi connectivity index (χ3v) is 8.69. The maximum Gasteiger partial charge on any atom is 0.311 e. The predicted molar refractivity (Wildman–Crippen MR) is 98.0 cm³/mol. The van der Waals surface area contributed by atoms with Crippen LogP contribution in [-0.2, 0) is 19.1 Å². The van der Waals surface area contributed by atoms with Gasteiger partial charge in [0.05, 0.1) is 18.4 Å². The molecule has 5 rings (SSSR count). The first-order chi connectivity index (χ1) is 12.3. The quantitative estimate of drug-likeness (QED) is 0.549. The lowest BCUT2D eigenvalue weighted by atomic mass is 9.63. The van der Waals surface area contributed by atoms with Crippen molar-refractivity contribution in [3.05, 3.63) is 0 Å². The minimum atomic E-state index is -0.311. The van der Waals surface area contributed by atoms with Crippen LogP contribution in [0.15, 0.2) is 0 Å². The molecule has 9 unspecified atom stereocenters. The van der Waals surface area contributed by atoms with Gasteiger partial charge in [-0.05, 0) is 88.4 Å². The molecule has 0 aromatic heterocycles. The van der Waals surface area contributed by atoms with Gasteiger partial charge < -0.3 is 9.47 Å². The molecular formula is C22H34O4. The standard InChI is InChI=1S/C15H20O2.C7H14O2/c1-6-11-9-5-10(14(11)15(16)17-6)13-8-3-2-7(4-8)12(9)13;1-5-7(2,3)6(8)9-4/h6-14H,2-5H2,1H3;5H2,1-4H3. The lowest BCUT2D eigenvalue weighted by molar-refractivity contribution is -0.151. The maximum absolute atomic E-state index is 12.0. The van der Waals surface area contributed by atoms with Crippen LogP contribution >= 0.6 is 0 Å². The van der Waals surface area contributed by atoms with Gasteiger partial charge in [-0.15, -0.1) is 0 Å². The van der Waals surface area contributed by atoms with Crippen molar-refractivity contribution >= 4 is 11.9 Å².